The zero-order valence-electron chi connectivity index (χ0n) is 16.1. The summed E-state index contributed by atoms with van der Waals surface area (Å²) in [5, 5.41) is 3.11. The maximum atomic E-state index is 12.7. The Kier molecular flexibility index (Phi) is 8.52. The molecule has 11 heteroatoms. The number of rotatable bonds is 8. The van der Waals surface area contributed by atoms with Crippen LogP contribution < -0.4 is 5.32 Å². The molecule has 2 aromatic rings. The predicted octanol–water partition coefficient (Wildman–Crippen LogP) is 4.47. The SMILES string of the molecule is CCN(CC)S(=O)(=O)c1ccc(Cl)c(C(=O)OCC(=O)Nc2ccc(Cl)cc2Cl)c1. The Morgan fingerprint density at radius 3 is 2.27 bits per heavy atom. The molecule has 0 radical (unpaired) electrons. The number of hydrogen-bond acceptors (Lipinski definition) is 5. The summed E-state index contributed by atoms with van der Waals surface area (Å²) in [7, 11) is -3.79. The van der Waals surface area contributed by atoms with Crippen LogP contribution in [0.1, 0.15) is 24.2 Å². The summed E-state index contributed by atoms with van der Waals surface area (Å²) in [5.41, 5.74) is 0.134. The fourth-order valence-corrected chi connectivity index (χ4v) is 4.66. The quantitative estimate of drug-likeness (QED) is 0.548. The lowest BCUT2D eigenvalue weighted by Crippen LogP contribution is -2.30. The summed E-state index contributed by atoms with van der Waals surface area (Å²) in [6.45, 7) is 3.33. The van der Waals surface area contributed by atoms with Gasteiger partial charge in [0.05, 0.1) is 26.2 Å². The van der Waals surface area contributed by atoms with E-state index in [9.17, 15) is 18.0 Å². The Morgan fingerprint density at radius 1 is 1.00 bits per heavy atom. The molecule has 0 spiro atoms. The van der Waals surface area contributed by atoms with Crippen LogP contribution in [0.5, 0.6) is 0 Å². The Morgan fingerprint density at radius 2 is 1.67 bits per heavy atom. The van der Waals surface area contributed by atoms with Gasteiger partial charge in [-0.05, 0) is 36.4 Å². The average molecular weight is 494 g/mol. The van der Waals surface area contributed by atoms with Gasteiger partial charge in [-0.1, -0.05) is 48.7 Å². The topological polar surface area (TPSA) is 92.8 Å². The van der Waals surface area contributed by atoms with Crippen LogP contribution in [-0.4, -0.2) is 44.3 Å². The van der Waals surface area contributed by atoms with Crippen LogP contribution in [0.15, 0.2) is 41.3 Å². The number of nitrogens with one attached hydrogen (secondary N) is 1. The van der Waals surface area contributed by atoms with Crippen molar-refractivity contribution in [3.63, 3.8) is 0 Å². The van der Waals surface area contributed by atoms with E-state index in [0.717, 1.165) is 6.07 Å². The molecule has 0 aliphatic heterocycles. The highest BCUT2D eigenvalue weighted by molar-refractivity contribution is 7.89. The van der Waals surface area contributed by atoms with Crippen molar-refractivity contribution in [1.82, 2.24) is 4.31 Å². The van der Waals surface area contributed by atoms with E-state index >= 15 is 0 Å². The van der Waals surface area contributed by atoms with Crippen LogP contribution in [0.3, 0.4) is 0 Å². The Bertz CT molecular complexity index is 1060. The van der Waals surface area contributed by atoms with E-state index < -0.39 is 28.5 Å². The van der Waals surface area contributed by atoms with Crippen LogP contribution in [0, 0.1) is 0 Å². The Labute approximate surface area is 189 Å². The van der Waals surface area contributed by atoms with Crippen molar-refractivity contribution in [2.45, 2.75) is 18.7 Å². The van der Waals surface area contributed by atoms with Crippen molar-refractivity contribution >= 4 is 62.4 Å². The fourth-order valence-electron chi connectivity index (χ4n) is 2.52. The van der Waals surface area contributed by atoms with Crippen molar-refractivity contribution < 1.29 is 22.7 Å². The van der Waals surface area contributed by atoms with E-state index in [1.54, 1.807) is 13.8 Å². The maximum Gasteiger partial charge on any atom is 0.340 e. The van der Waals surface area contributed by atoms with E-state index in [0.29, 0.717) is 10.7 Å². The number of ether oxygens (including phenoxy) is 1. The largest absolute Gasteiger partial charge is 0.452 e. The average Bonchev–Trinajstić information content (AvgIpc) is 2.69. The van der Waals surface area contributed by atoms with Crippen molar-refractivity contribution in [1.29, 1.82) is 0 Å². The standard InChI is InChI=1S/C19H19Cl3N2O5S/c1-3-24(4-2)30(27,28)13-6-7-15(21)14(10-13)19(26)29-11-18(25)23-17-8-5-12(20)9-16(17)22/h5-10H,3-4,11H2,1-2H3,(H,23,25). The minimum Gasteiger partial charge on any atom is -0.452 e. The van der Waals surface area contributed by atoms with E-state index in [4.69, 9.17) is 39.5 Å². The molecule has 2 aromatic carbocycles. The lowest BCUT2D eigenvalue weighted by molar-refractivity contribution is -0.119. The summed E-state index contributed by atoms with van der Waals surface area (Å²) >= 11 is 17.8. The number of amides is 1. The number of sulfonamides is 1. The number of halogens is 3. The summed E-state index contributed by atoms with van der Waals surface area (Å²) < 4.78 is 31.5. The number of carbonyl (C=O) groups is 2. The molecule has 0 bridgehead atoms. The molecule has 162 valence electrons. The molecular weight excluding hydrogens is 475 g/mol. The molecule has 0 saturated carbocycles. The highest BCUT2D eigenvalue weighted by Crippen LogP contribution is 2.26. The minimum atomic E-state index is -3.79. The first-order valence-electron chi connectivity index (χ1n) is 8.81. The fraction of sp³-hybridized carbons (Fsp3) is 0.263. The zero-order chi connectivity index (χ0) is 22.5. The lowest BCUT2D eigenvalue weighted by atomic mass is 10.2. The molecule has 1 N–H and O–H groups in total. The molecule has 30 heavy (non-hydrogen) atoms. The molecular formula is C19H19Cl3N2O5S. The third-order valence-electron chi connectivity index (χ3n) is 4.04. The molecule has 0 fully saturated rings. The first-order valence-corrected chi connectivity index (χ1v) is 11.4. The van der Waals surface area contributed by atoms with Crippen molar-refractivity contribution in [3.8, 4) is 0 Å². The normalized spacial score (nSPS) is 11.4. The highest BCUT2D eigenvalue weighted by atomic mass is 35.5. The third kappa shape index (κ3) is 5.86. The number of anilines is 1. The monoisotopic (exact) mass is 492 g/mol. The van der Waals surface area contributed by atoms with Gasteiger partial charge >= 0.3 is 5.97 Å². The summed E-state index contributed by atoms with van der Waals surface area (Å²) in [6.07, 6.45) is 0. The van der Waals surface area contributed by atoms with Gasteiger partial charge in [0.2, 0.25) is 10.0 Å². The van der Waals surface area contributed by atoms with Gasteiger partial charge in [-0.25, -0.2) is 13.2 Å². The molecule has 0 aromatic heterocycles. The molecule has 0 aliphatic rings. The second-order valence-corrected chi connectivity index (χ2v) is 9.17. The van der Waals surface area contributed by atoms with E-state index in [-0.39, 0.29) is 33.6 Å². The van der Waals surface area contributed by atoms with Gasteiger partial charge in [0, 0.05) is 18.1 Å². The second kappa shape index (κ2) is 10.5. The van der Waals surface area contributed by atoms with Crippen LogP contribution in [-0.2, 0) is 19.6 Å². The number of benzene rings is 2. The third-order valence-corrected chi connectivity index (χ3v) is 6.96. The van der Waals surface area contributed by atoms with Crippen molar-refractivity contribution in [2.75, 3.05) is 25.0 Å². The first kappa shape index (κ1) is 24.4. The van der Waals surface area contributed by atoms with Gasteiger partial charge in [-0.2, -0.15) is 4.31 Å². The van der Waals surface area contributed by atoms with E-state index in [2.05, 4.69) is 5.32 Å². The molecule has 1 amide bonds. The maximum absolute atomic E-state index is 12.7. The second-order valence-electron chi connectivity index (χ2n) is 5.98. The molecule has 0 heterocycles. The Balaban J connectivity index is 2.12. The van der Waals surface area contributed by atoms with Gasteiger partial charge in [-0.15, -0.1) is 0 Å². The molecule has 2 rings (SSSR count). The van der Waals surface area contributed by atoms with Crippen LogP contribution in [0.4, 0.5) is 5.69 Å². The van der Waals surface area contributed by atoms with Crippen LogP contribution in [0.25, 0.3) is 0 Å². The number of nitrogens with zero attached hydrogens (tertiary/aromatic N) is 1. The first-order chi connectivity index (χ1) is 14.1. The molecule has 0 aliphatic carbocycles. The molecule has 0 atom stereocenters. The van der Waals surface area contributed by atoms with Crippen LogP contribution in [0.2, 0.25) is 15.1 Å². The summed E-state index contributed by atoms with van der Waals surface area (Å²) in [5.74, 6) is -1.58. The van der Waals surface area contributed by atoms with Gasteiger partial charge in [0.15, 0.2) is 6.61 Å². The molecule has 7 nitrogen and oxygen atoms in total. The number of hydrogen-bond donors (Lipinski definition) is 1. The number of carbonyl (C=O) groups excluding carboxylic acids is 2. The van der Waals surface area contributed by atoms with E-state index in [1.165, 1.54) is 34.6 Å². The lowest BCUT2D eigenvalue weighted by Gasteiger charge is -2.19. The smallest absolute Gasteiger partial charge is 0.340 e. The van der Waals surface area contributed by atoms with Gasteiger partial charge < -0.3 is 10.1 Å². The highest BCUT2D eigenvalue weighted by Gasteiger charge is 2.24. The summed E-state index contributed by atoms with van der Waals surface area (Å²) in [4.78, 5) is 24.3. The van der Waals surface area contributed by atoms with Gasteiger partial charge in [0.1, 0.15) is 0 Å². The molecule has 0 unspecified atom stereocenters. The number of esters is 1. The summed E-state index contributed by atoms with van der Waals surface area (Å²) in [6, 6.07) is 8.22. The molecule has 0 saturated heterocycles. The predicted molar refractivity (Wildman–Crippen MR) is 117 cm³/mol. The van der Waals surface area contributed by atoms with Crippen molar-refractivity contribution in [3.05, 3.63) is 57.0 Å². The van der Waals surface area contributed by atoms with Crippen LogP contribution >= 0.6 is 34.8 Å². The van der Waals surface area contributed by atoms with E-state index in [1.807, 2.05) is 0 Å². The van der Waals surface area contributed by atoms with Gasteiger partial charge in [0.25, 0.3) is 5.91 Å². The Hall–Kier alpha value is -1.84. The minimum absolute atomic E-state index is 0.000323. The zero-order valence-corrected chi connectivity index (χ0v) is 19.2. The van der Waals surface area contributed by atoms with Crippen molar-refractivity contribution in [2.24, 2.45) is 0 Å². The van der Waals surface area contributed by atoms with Gasteiger partial charge in [-0.3, -0.25) is 4.79 Å².